The van der Waals surface area contributed by atoms with Crippen LogP contribution in [0.2, 0.25) is 0 Å². The fraction of sp³-hybridized carbons (Fsp3) is 0.842. The van der Waals surface area contributed by atoms with Crippen molar-refractivity contribution in [3.05, 3.63) is 11.8 Å². The summed E-state index contributed by atoms with van der Waals surface area (Å²) in [6.07, 6.45) is 7.56. The third-order valence-electron chi connectivity index (χ3n) is 4.04. The van der Waals surface area contributed by atoms with Crippen molar-refractivity contribution < 1.29 is 23.7 Å². The lowest BCUT2D eigenvalue weighted by atomic mass is 9.99. The minimum Gasteiger partial charge on any atom is -0.492 e. The highest BCUT2D eigenvalue weighted by Crippen LogP contribution is 2.25. The van der Waals surface area contributed by atoms with Crippen molar-refractivity contribution in [2.75, 3.05) is 26.4 Å². The number of unbranched alkanes of at least 4 members (excludes halogenated alkanes) is 3. The lowest BCUT2D eigenvalue weighted by Gasteiger charge is -2.36. The molecule has 0 aromatic rings. The summed E-state index contributed by atoms with van der Waals surface area (Å²) in [7, 11) is 0. The van der Waals surface area contributed by atoms with Crippen molar-refractivity contribution in [3.63, 3.8) is 0 Å². The molecular weight excluding hydrogens is 308 g/mol. The Morgan fingerprint density at radius 2 is 1.62 bits per heavy atom. The molecule has 0 spiro atoms. The van der Waals surface area contributed by atoms with Gasteiger partial charge in [-0.1, -0.05) is 40.0 Å². The molecule has 0 aromatic heterocycles. The standard InChI is InChI=1S/C19H34O5/c1-4-7-10-21-15-17-19(23-12-9-6-3)18(22-11-8-5-2)16(13-20)14-24-17/h13-14,17-19H,4-12,15H2,1-3H3/t17-,18-,19+/m1/s1. The van der Waals surface area contributed by atoms with Crippen LogP contribution in [0.25, 0.3) is 0 Å². The summed E-state index contributed by atoms with van der Waals surface area (Å²) < 4.78 is 23.4. The van der Waals surface area contributed by atoms with Gasteiger partial charge in [0.05, 0.1) is 18.4 Å². The predicted octanol–water partition coefficient (Wildman–Crippen LogP) is 3.66. The number of carbonyl (C=O) groups excluding carboxylic acids is 1. The fourth-order valence-corrected chi connectivity index (χ4v) is 2.47. The average molecular weight is 342 g/mol. The van der Waals surface area contributed by atoms with Crippen LogP contribution in [0.4, 0.5) is 0 Å². The minimum atomic E-state index is -0.376. The van der Waals surface area contributed by atoms with Gasteiger partial charge in [-0.2, -0.15) is 0 Å². The van der Waals surface area contributed by atoms with Gasteiger partial charge in [-0.25, -0.2) is 0 Å². The van der Waals surface area contributed by atoms with Gasteiger partial charge in [0.1, 0.15) is 18.3 Å². The number of aldehydes is 1. The van der Waals surface area contributed by atoms with Crippen LogP contribution >= 0.6 is 0 Å². The van der Waals surface area contributed by atoms with E-state index in [-0.39, 0.29) is 18.3 Å². The van der Waals surface area contributed by atoms with E-state index in [1.807, 2.05) is 0 Å². The van der Waals surface area contributed by atoms with Gasteiger partial charge >= 0.3 is 0 Å². The minimum absolute atomic E-state index is 0.242. The molecule has 0 saturated heterocycles. The first-order chi connectivity index (χ1) is 11.8. The second kappa shape index (κ2) is 13.4. The van der Waals surface area contributed by atoms with E-state index in [0.717, 1.165) is 44.8 Å². The first kappa shape index (κ1) is 21.1. The van der Waals surface area contributed by atoms with E-state index < -0.39 is 0 Å². The van der Waals surface area contributed by atoms with Crippen LogP contribution in [0.3, 0.4) is 0 Å². The molecule has 24 heavy (non-hydrogen) atoms. The molecule has 1 aliphatic heterocycles. The van der Waals surface area contributed by atoms with Crippen LogP contribution < -0.4 is 0 Å². The van der Waals surface area contributed by atoms with Gasteiger partial charge in [-0.05, 0) is 19.3 Å². The van der Waals surface area contributed by atoms with Gasteiger partial charge in [-0.3, -0.25) is 4.79 Å². The lowest BCUT2D eigenvalue weighted by Crippen LogP contribution is -2.48. The first-order valence-corrected chi connectivity index (χ1v) is 9.40. The topological polar surface area (TPSA) is 54.0 Å². The summed E-state index contributed by atoms with van der Waals surface area (Å²) in [6, 6.07) is 0. The summed E-state index contributed by atoms with van der Waals surface area (Å²) >= 11 is 0. The molecule has 1 heterocycles. The van der Waals surface area contributed by atoms with Gasteiger partial charge in [0.25, 0.3) is 0 Å². The maximum atomic E-state index is 11.4. The van der Waals surface area contributed by atoms with E-state index >= 15 is 0 Å². The Bertz CT molecular complexity index is 356. The highest BCUT2D eigenvalue weighted by Gasteiger charge is 2.38. The SMILES string of the molecule is CCCCOC[C@H]1OC=C(C=O)[C@@H](OCCCC)[C@H]1OCCCC. The Labute approximate surface area is 146 Å². The molecule has 0 unspecified atom stereocenters. The molecule has 0 amide bonds. The van der Waals surface area contributed by atoms with Crippen LogP contribution in [-0.2, 0) is 23.7 Å². The van der Waals surface area contributed by atoms with Crippen LogP contribution in [0.1, 0.15) is 59.3 Å². The summed E-state index contributed by atoms with van der Waals surface area (Å²) in [5.41, 5.74) is 0.511. The fourth-order valence-electron chi connectivity index (χ4n) is 2.47. The molecule has 0 saturated carbocycles. The zero-order valence-corrected chi connectivity index (χ0v) is 15.5. The van der Waals surface area contributed by atoms with Crippen molar-refractivity contribution in [1.82, 2.24) is 0 Å². The van der Waals surface area contributed by atoms with Crippen molar-refractivity contribution in [3.8, 4) is 0 Å². The van der Waals surface area contributed by atoms with Gasteiger partial charge in [0, 0.05) is 19.8 Å². The number of carbonyl (C=O) groups is 1. The molecule has 5 nitrogen and oxygen atoms in total. The highest BCUT2D eigenvalue weighted by molar-refractivity contribution is 5.74. The van der Waals surface area contributed by atoms with Crippen molar-refractivity contribution >= 4 is 6.29 Å². The summed E-state index contributed by atoms with van der Waals surface area (Å²) in [4.78, 5) is 11.4. The molecule has 0 aromatic carbocycles. The molecule has 1 aliphatic rings. The van der Waals surface area contributed by atoms with E-state index in [1.165, 1.54) is 6.26 Å². The van der Waals surface area contributed by atoms with Gasteiger partial charge in [-0.15, -0.1) is 0 Å². The Kier molecular flexibility index (Phi) is 11.8. The van der Waals surface area contributed by atoms with Crippen LogP contribution in [-0.4, -0.2) is 51.0 Å². The lowest BCUT2D eigenvalue weighted by molar-refractivity contribution is -0.146. The predicted molar refractivity (Wildman–Crippen MR) is 94.0 cm³/mol. The van der Waals surface area contributed by atoms with Gasteiger partial charge in [0.2, 0.25) is 0 Å². The average Bonchev–Trinajstić information content (AvgIpc) is 2.60. The van der Waals surface area contributed by atoms with E-state index in [1.54, 1.807) is 0 Å². The summed E-state index contributed by atoms with van der Waals surface area (Å²) in [6.45, 7) is 8.78. The molecule has 3 atom stereocenters. The highest BCUT2D eigenvalue weighted by atomic mass is 16.6. The Balaban J connectivity index is 2.71. The Morgan fingerprint density at radius 1 is 1.00 bits per heavy atom. The van der Waals surface area contributed by atoms with Crippen LogP contribution in [0.5, 0.6) is 0 Å². The molecule has 140 valence electrons. The van der Waals surface area contributed by atoms with Gasteiger partial charge < -0.3 is 18.9 Å². The van der Waals surface area contributed by atoms with Crippen LogP contribution in [0, 0.1) is 0 Å². The zero-order chi connectivity index (χ0) is 17.6. The van der Waals surface area contributed by atoms with E-state index in [2.05, 4.69) is 20.8 Å². The molecule has 5 heteroatoms. The molecule has 0 bridgehead atoms. The van der Waals surface area contributed by atoms with Crippen molar-refractivity contribution in [2.45, 2.75) is 77.6 Å². The monoisotopic (exact) mass is 342 g/mol. The second-order valence-corrected chi connectivity index (χ2v) is 6.17. The van der Waals surface area contributed by atoms with Crippen molar-refractivity contribution in [2.24, 2.45) is 0 Å². The van der Waals surface area contributed by atoms with E-state index in [9.17, 15) is 4.79 Å². The second-order valence-electron chi connectivity index (χ2n) is 6.17. The normalized spacial score (nSPS) is 23.6. The van der Waals surface area contributed by atoms with Crippen LogP contribution in [0.15, 0.2) is 11.8 Å². The number of hydrogen-bond acceptors (Lipinski definition) is 5. The Morgan fingerprint density at radius 3 is 2.25 bits per heavy atom. The van der Waals surface area contributed by atoms with E-state index in [4.69, 9.17) is 18.9 Å². The molecule has 1 rings (SSSR count). The molecule has 0 radical (unpaired) electrons. The number of rotatable bonds is 14. The Hall–Kier alpha value is -0.910. The smallest absolute Gasteiger partial charge is 0.151 e. The molecule has 0 aliphatic carbocycles. The van der Waals surface area contributed by atoms with Crippen molar-refractivity contribution in [1.29, 1.82) is 0 Å². The quantitative estimate of drug-likeness (QED) is 0.356. The summed E-state index contributed by atoms with van der Waals surface area (Å²) in [5, 5.41) is 0. The third-order valence-corrected chi connectivity index (χ3v) is 4.04. The number of ether oxygens (including phenoxy) is 4. The molecule has 0 fully saturated rings. The first-order valence-electron chi connectivity index (χ1n) is 9.40. The number of hydrogen-bond donors (Lipinski definition) is 0. The maximum Gasteiger partial charge on any atom is 0.151 e. The largest absolute Gasteiger partial charge is 0.492 e. The molecular formula is C19H34O5. The van der Waals surface area contributed by atoms with E-state index in [0.29, 0.717) is 32.0 Å². The zero-order valence-electron chi connectivity index (χ0n) is 15.5. The maximum absolute atomic E-state index is 11.4. The molecule has 0 N–H and O–H groups in total. The van der Waals surface area contributed by atoms with Gasteiger partial charge in [0.15, 0.2) is 6.29 Å². The third kappa shape index (κ3) is 7.32. The summed E-state index contributed by atoms with van der Waals surface area (Å²) in [5.74, 6) is 0.